The van der Waals surface area contributed by atoms with Gasteiger partial charge in [-0.2, -0.15) is 0 Å². The van der Waals surface area contributed by atoms with Crippen LogP contribution in [0.4, 0.5) is 20.3 Å². The lowest BCUT2D eigenvalue weighted by Crippen LogP contribution is -2.23. The van der Waals surface area contributed by atoms with E-state index in [2.05, 4.69) is 4.98 Å². The number of hydrogen-bond donors (Lipinski definition) is 1. The van der Waals surface area contributed by atoms with Gasteiger partial charge in [0, 0.05) is 25.2 Å². The average Bonchev–Trinajstić information content (AvgIpc) is 2.67. The Balaban J connectivity index is 2.11. The van der Waals surface area contributed by atoms with E-state index in [1.54, 1.807) is 18.3 Å². The van der Waals surface area contributed by atoms with Crippen molar-refractivity contribution in [1.29, 1.82) is 0 Å². The largest absolute Gasteiger partial charge is 0.396 e. The Kier molecular flexibility index (Phi) is 2.70. The molecule has 1 aromatic heterocycles. The third-order valence-electron chi connectivity index (χ3n) is 2.70. The van der Waals surface area contributed by atoms with Crippen LogP contribution in [-0.4, -0.2) is 24.5 Å². The summed E-state index contributed by atoms with van der Waals surface area (Å²) < 4.78 is 24.9. The van der Waals surface area contributed by atoms with Crippen molar-refractivity contribution < 1.29 is 8.78 Å². The first-order chi connectivity index (χ1) is 7.18. The molecule has 1 aromatic rings. The van der Waals surface area contributed by atoms with Crippen LogP contribution in [0.3, 0.4) is 0 Å². The number of nitrogens with two attached hydrogens (primary N) is 1. The summed E-state index contributed by atoms with van der Waals surface area (Å²) in [5.74, 6) is 0.0760. The van der Waals surface area contributed by atoms with E-state index in [9.17, 15) is 8.78 Å². The van der Waals surface area contributed by atoms with Gasteiger partial charge in [0.25, 0.3) is 0 Å². The van der Waals surface area contributed by atoms with Gasteiger partial charge in [-0.1, -0.05) is 0 Å². The van der Waals surface area contributed by atoms with E-state index < -0.39 is 12.3 Å². The molecule has 1 atom stereocenters. The van der Waals surface area contributed by atoms with E-state index in [4.69, 9.17) is 5.73 Å². The van der Waals surface area contributed by atoms with Crippen LogP contribution in [0.25, 0.3) is 0 Å². The molecule has 0 spiro atoms. The SMILES string of the molecule is Nc1cccnc1N1CCC(C(F)F)C1. The fourth-order valence-corrected chi connectivity index (χ4v) is 1.86. The van der Waals surface area contributed by atoms with E-state index in [1.165, 1.54) is 0 Å². The van der Waals surface area contributed by atoms with Crippen LogP contribution in [0.1, 0.15) is 6.42 Å². The molecule has 0 radical (unpaired) electrons. The number of rotatable bonds is 2. The fourth-order valence-electron chi connectivity index (χ4n) is 1.86. The summed E-state index contributed by atoms with van der Waals surface area (Å²) in [5, 5.41) is 0. The number of hydrogen-bond acceptors (Lipinski definition) is 3. The predicted octanol–water partition coefficient (Wildman–Crippen LogP) is 1.76. The van der Waals surface area contributed by atoms with E-state index in [1.807, 2.05) is 4.90 Å². The zero-order chi connectivity index (χ0) is 10.8. The molecule has 2 heterocycles. The Morgan fingerprint density at radius 1 is 1.53 bits per heavy atom. The van der Waals surface area contributed by atoms with E-state index in [-0.39, 0.29) is 0 Å². The van der Waals surface area contributed by atoms with Crippen LogP contribution < -0.4 is 10.6 Å². The minimum atomic E-state index is -2.25. The van der Waals surface area contributed by atoms with Gasteiger partial charge in [-0.25, -0.2) is 13.8 Å². The van der Waals surface area contributed by atoms with Gasteiger partial charge < -0.3 is 10.6 Å². The maximum Gasteiger partial charge on any atom is 0.243 e. The molecule has 0 aliphatic carbocycles. The summed E-state index contributed by atoms with van der Waals surface area (Å²) in [5.41, 5.74) is 6.28. The molecule has 0 bridgehead atoms. The molecule has 2 N–H and O–H groups in total. The van der Waals surface area contributed by atoms with Gasteiger partial charge in [-0.05, 0) is 18.6 Å². The molecule has 2 rings (SSSR count). The Hall–Kier alpha value is -1.39. The summed E-state index contributed by atoms with van der Waals surface area (Å²) in [6.45, 7) is 0.953. The number of nitrogen functional groups attached to an aromatic ring is 1. The molecule has 1 saturated heterocycles. The maximum atomic E-state index is 12.5. The van der Waals surface area contributed by atoms with Crippen LogP contribution in [0.15, 0.2) is 18.3 Å². The molecule has 1 aliphatic rings. The molecule has 3 nitrogen and oxygen atoms in total. The van der Waals surface area contributed by atoms with Crippen molar-refractivity contribution in [3.8, 4) is 0 Å². The highest BCUT2D eigenvalue weighted by molar-refractivity contribution is 5.62. The number of pyridine rings is 1. The number of anilines is 2. The van der Waals surface area contributed by atoms with Crippen LogP contribution in [-0.2, 0) is 0 Å². The zero-order valence-electron chi connectivity index (χ0n) is 8.24. The van der Waals surface area contributed by atoms with Gasteiger partial charge in [0.15, 0.2) is 5.82 Å². The average molecular weight is 213 g/mol. The summed E-state index contributed by atoms with van der Waals surface area (Å²) in [6.07, 6.45) is -0.116. The predicted molar refractivity (Wildman–Crippen MR) is 55.0 cm³/mol. The molecule has 0 amide bonds. The third kappa shape index (κ3) is 2.00. The van der Waals surface area contributed by atoms with Crippen molar-refractivity contribution in [3.05, 3.63) is 18.3 Å². The summed E-state index contributed by atoms with van der Waals surface area (Å²) >= 11 is 0. The molecule has 15 heavy (non-hydrogen) atoms. The normalized spacial score (nSPS) is 21.3. The molecular weight excluding hydrogens is 200 g/mol. The monoisotopic (exact) mass is 213 g/mol. The van der Waals surface area contributed by atoms with Crippen molar-refractivity contribution in [1.82, 2.24) is 4.98 Å². The smallest absolute Gasteiger partial charge is 0.243 e. The van der Waals surface area contributed by atoms with Gasteiger partial charge in [0.1, 0.15) is 0 Å². The molecule has 1 fully saturated rings. The molecular formula is C10H13F2N3. The summed E-state index contributed by atoms with van der Waals surface area (Å²) in [4.78, 5) is 5.94. The van der Waals surface area contributed by atoms with Crippen LogP contribution in [0.5, 0.6) is 0 Å². The standard InChI is InChI=1S/C10H13F2N3/c11-9(12)7-3-5-15(6-7)10-8(13)2-1-4-14-10/h1-2,4,7,9H,3,5-6,13H2. The lowest BCUT2D eigenvalue weighted by atomic mass is 10.1. The lowest BCUT2D eigenvalue weighted by Gasteiger charge is -2.18. The molecule has 5 heteroatoms. The second kappa shape index (κ2) is 4.00. The Morgan fingerprint density at radius 3 is 2.93 bits per heavy atom. The van der Waals surface area contributed by atoms with Gasteiger partial charge in [0.2, 0.25) is 6.43 Å². The molecule has 0 saturated carbocycles. The van der Waals surface area contributed by atoms with Crippen LogP contribution in [0.2, 0.25) is 0 Å². The number of halogens is 2. The van der Waals surface area contributed by atoms with Crippen molar-refractivity contribution in [2.24, 2.45) is 5.92 Å². The second-order valence-electron chi connectivity index (χ2n) is 3.75. The topological polar surface area (TPSA) is 42.1 Å². The summed E-state index contributed by atoms with van der Waals surface area (Å²) in [7, 11) is 0. The number of alkyl halides is 2. The highest BCUT2D eigenvalue weighted by Gasteiger charge is 2.30. The highest BCUT2D eigenvalue weighted by atomic mass is 19.3. The molecule has 1 unspecified atom stereocenters. The van der Waals surface area contributed by atoms with Crippen LogP contribution >= 0.6 is 0 Å². The minimum Gasteiger partial charge on any atom is -0.396 e. The lowest BCUT2D eigenvalue weighted by molar-refractivity contribution is 0.0880. The van der Waals surface area contributed by atoms with Gasteiger partial charge in [-0.3, -0.25) is 0 Å². The van der Waals surface area contributed by atoms with E-state index in [0.29, 0.717) is 31.0 Å². The maximum absolute atomic E-state index is 12.5. The van der Waals surface area contributed by atoms with Gasteiger partial charge >= 0.3 is 0 Å². The van der Waals surface area contributed by atoms with Crippen molar-refractivity contribution in [2.75, 3.05) is 23.7 Å². The van der Waals surface area contributed by atoms with Crippen molar-refractivity contribution in [2.45, 2.75) is 12.8 Å². The van der Waals surface area contributed by atoms with E-state index in [0.717, 1.165) is 0 Å². The summed E-state index contributed by atoms with van der Waals surface area (Å²) in [6, 6.07) is 3.47. The van der Waals surface area contributed by atoms with Crippen molar-refractivity contribution >= 4 is 11.5 Å². The quantitative estimate of drug-likeness (QED) is 0.813. The van der Waals surface area contributed by atoms with Gasteiger partial charge in [-0.15, -0.1) is 0 Å². The Labute approximate surface area is 86.9 Å². The van der Waals surface area contributed by atoms with Gasteiger partial charge in [0.05, 0.1) is 5.69 Å². The first-order valence-electron chi connectivity index (χ1n) is 4.92. The highest BCUT2D eigenvalue weighted by Crippen LogP contribution is 2.29. The number of nitrogens with zero attached hydrogens (tertiary/aromatic N) is 2. The molecule has 0 aromatic carbocycles. The molecule has 1 aliphatic heterocycles. The second-order valence-corrected chi connectivity index (χ2v) is 3.75. The number of aromatic nitrogens is 1. The first kappa shape index (κ1) is 10.1. The first-order valence-corrected chi connectivity index (χ1v) is 4.92. The minimum absolute atomic E-state index is 0.346. The zero-order valence-corrected chi connectivity index (χ0v) is 8.24. The van der Waals surface area contributed by atoms with E-state index >= 15 is 0 Å². The molecule has 82 valence electrons. The third-order valence-corrected chi connectivity index (χ3v) is 2.70. The Bertz CT molecular complexity index is 343. The van der Waals surface area contributed by atoms with Crippen LogP contribution in [0, 0.1) is 5.92 Å². The van der Waals surface area contributed by atoms with Crippen molar-refractivity contribution in [3.63, 3.8) is 0 Å². The Morgan fingerprint density at radius 2 is 2.33 bits per heavy atom. The fraction of sp³-hybridized carbons (Fsp3) is 0.500.